The maximum absolute atomic E-state index is 12.1. The van der Waals surface area contributed by atoms with E-state index in [1.807, 2.05) is 32.0 Å². The van der Waals surface area contributed by atoms with Crippen molar-refractivity contribution in [3.05, 3.63) is 28.5 Å². The molecule has 114 valence electrons. The van der Waals surface area contributed by atoms with Crippen molar-refractivity contribution in [3.63, 3.8) is 0 Å². The third kappa shape index (κ3) is 3.40. The van der Waals surface area contributed by atoms with Gasteiger partial charge in [0.1, 0.15) is 5.82 Å². The highest BCUT2D eigenvalue weighted by molar-refractivity contribution is 9.10. The molecule has 0 atom stereocenters. The summed E-state index contributed by atoms with van der Waals surface area (Å²) in [7, 11) is 1.66. The lowest BCUT2D eigenvalue weighted by atomic mass is 9.92. The van der Waals surface area contributed by atoms with Crippen molar-refractivity contribution in [2.24, 2.45) is 5.41 Å². The fourth-order valence-electron chi connectivity index (χ4n) is 2.40. The average molecular weight is 373 g/mol. The Kier molecular flexibility index (Phi) is 4.94. The second kappa shape index (κ2) is 6.36. The van der Waals surface area contributed by atoms with E-state index in [-0.39, 0.29) is 5.91 Å². The van der Waals surface area contributed by atoms with Crippen molar-refractivity contribution in [3.8, 4) is 0 Å². The van der Waals surface area contributed by atoms with Crippen LogP contribution in [0.3, 0.4) is 0 Å². The number of imidazole rings is 1. The number of benzene rings is 1. The molecular formula is C15H19BrClN3O. The van der Waals surface area contributed by atoms with Gasteiger partial charge in [-0.05, 0) is 32.0 Å². The van der Waals surface area contributed by atoms with Crippen LogP contribution in [0.1, 0.15) is 19.7 Å². The quantitative estimate of drug-likeness (QED) is 0.818. The Labute approximate surface area is 138 Å². The Morgan fingerprint density at radius 2 is 2.19 bits per heavy atom. The molecule has 1 aromatic carbocycles. The van der Waals surface area contributed by atoms with Crippen LogP contribution in [0.4, 0.5) is 0 Å². The van der Waals surface area contributed by atoms with Gasteiger partial charge in [-0.1, -0.05) is 15.9 Å². The predicted molar refractivity (Wildman–Crippen MR) is 89.7 cm³/mol. The molecule has 1 amide bonds. The van der Waals surface area contributed by atoms with Crippen LogP contribution in [0.15, 0.2) is 22.7 Å². The number of hydrogen-bond acceptors (Lipinski definition) is 2. The van der Waals surface area contributed by atoms with Crippen LogP contribution in [0, 0.1) is 5.41 Å². The first-order chi connectivity index (χ1) is 9.89. The van der Waals surface area contributed by atoms with Gasteiger partial charge in [0, 0.05) is 30.4 Å². The van der Waals surface area contributed by atoms with Crippen LogP contribution in [-0.2, 0) is 17.8 Å². The summed E-state index contributed by atoms with van der Waals surface area (Å²) in [5.74, 6) is 1.43. The predicted octanol–water partition coefficient (Wildman–Crippen LogP) is 3.35. The van der Waals surface area contributed by atoms with Crippen molar-refractivity contribution < 1.29 is 4.79 Å². The number of carbonyl (C=O) groups excluding carboxylic acids is 1. The van der Waals surface area contributed by atoms with Crippen LogP contribution in [0.2, 0.25) is 0 Å². The van der Waals surface area contributed by atoms with Gasteiger partial charge in [0.05, 0.1) is 16.4 Å². The number of fused-ring (bicyclic) bond motifs is 1. The molecule has 1 aromatic heterocycles. The number of halogens is 2. The van der Waals surface area contributed by atoms with Gasteiger partial charge in [-0.25, -0.2) is 4.98 Å². The summed E-state index contributed by atoms with van der Waals surface area (Å²) in [6, 6.07) is 5.97. The molecule has 0 fully saturated rings. The van der Waals surface area contributed by atoms with E-state index in [2.05, 4.69) is 30.8 Å². The van der Waals surface area contributed by atoms with Gasteiger partial charge in [0.15, 0.2) is 0 Å². The largest absolute Gasteiger partial charge is 0.359 e. The highest BCUT2D eigenvalue weighted by Gasteiger charge is 2.29. The first-order valence-electron chi connectivity index (χ1n) is 6.82. The fourth-order valence-corrected chi connectivity index (χ4v) is 2.92. The molecule has 0 aliphatic rings. The summed E-state index contributed by atoms with van der Waals surface area (Å²) in [6.45, 7) is 4.42. The standard InChI is InChI=1S/C15H19BrClN3O/c1-15(2,14(21)18-3)9-20-12-8-10(16)4-5-11(12)19-13(20)6-7-17/h4-5,8H,6-7,9H2,1-3H3,(H,18,21). The molecule has 0 aliphatic carbocycles. The van der Waals surface area contributed by atoms with E-state index in [1.165, 1.54) is 0 Å². The lowest BCUT2D eigenvalue weighted by Crippen LogP contribution is -2.38. The highest BCUT2D eigenvalue weighted by atomic mass is 79.9. The van der Waals surface area contributed by atoms with Crippen LogP contribution in [0.25, 0.3) is 11.0 Å². The van der Waals surface area contributed by atoms with Crippen LogP contribution < -0.4 is 5.32 Å². The molecule has 0 unspecified atom stereocenters. The Hall–Kier alpha value is -1.07. The number of nitrogens with one attached hydrogen (secondary N) is 1. The van der Waals surface area contributed by atoms with Crippen molar-refractivity contribution in [2.45, 2.75) is 26.8 Å². The summed E-state index contributed by atoms with van der Waals surface area (Å²) in [5, 5.41) is 2.72. The van der Waals surface area contributed by atoms with Gasteiger partial charge in [-0.2, -0.15) is 0 Å². The van der Waals surface area contributed by atoms with E-state index in [9.17, 15) is 4.79 Å². The van der Waals surface area contributed by atoms with E-state index >= 15 is 0 Å². The highest BCUT2D eigenvalue weighted by Crippen LogP contribution is 2.26. The summed E-state index contributed by atoms with van der Waals surface area (Å²) in [4.78, 5) is 16.7. The number of aromatic nitrogens is 2. The third-order valence-electron chi connectivity index (χ3n) is 3.50. The number of amides is 1. The number of alkyl halides is 1. The van der Waals surface area contributed by atoms with Crippen molar-refractivity contribution >= 4 is 44.5 Å². The first-order valence-corrected chi connectivity index (χ1v) is 8.14. The minimum absolute atomic E-state index is 0.0103. The Morgan fingerprint density at radius 1 is 1.48 bits per heavy atom. The molecule has 4 nitrogen and oxygen atoms in total. The van der Waals surface area contributed by atoms with Gasteiger partial charge >= 0.3 is 0 Å². The second-order valence-electron chi connectivity index (χ2n) is 5.65. The van der Waals surface area contributed by atoms with E-state index < -0.39 is 5.41 Å². The first kappa shape index (κ1) is 16.3. The molecule has 2 aromatic rings. The monoisotopic (exact) mass is 371 g/mol. The average Bonchev–Trinajstić information content (AvgIpc) is 2.75. The van der Waals surface area contributed by atoms with Crippen molar-refractivity contribution in [1.82, 2.24) is 14.9 Å². The second-order valence-corrected chi connectivity index (χ2v) is 6.94. The minimum Gasteiger partial charge on any atom is -0.359 e. The molecule has 1 N–H and O–H groups in total. The molecule has 0 spiro atoms. The van der Waals surface area contributed by atoms with E-state index in [0.717, 1.165) is 21.3 Å². The number of carbonyl (C=O) groups is 1. The maximum atomic E-state index is 12.1. The number of hydrogen-bond donors (Lipinski definition) is 1. The summed E-state index contributed by atoms with van der Waals surface area (Å²) in [5.41, 5.74) is 1.42. The van der Waals surface area contributed by atoms with E-state index in [4.69, 9.17) is 11.6 Å². The summed E-state index contributed by atoms with van der Waals surface area (Å²) >= 11 is 9.38. The maximum Gasteiger partial charge on any atom is 0.227 e. The molecule has 0 saturated heterocycles. The normalized spacial score (nSPS) is 11.9. The smallest absolute Gasteiger partial charge is 0.227 e. The van der Waals surface area contributed by atoms with Crippen LogP contribution >= 0.6 is 27.5 Å². The zero-order valence-electron chi connectivity index (χ0n) is 12.4. The number of rotatable bonds is 5. The Morgan fingerprint density at radius 3 is 2.81 bits per heavy atom. The minimum atomic E-state index is -0.522. The molecule has 0 radical (unpaired) electrons. The zero-order valence-corrected chi connectivity index (χ0v) is 14.8. The molecule has 2 rings (SSSR count). The molecule has 21 heavy (non-hydrogen) atoms. The van der Waals surface area contributed by atoms with Crippen LogP contribution in [0.5, 0.6) is 0 Å². The van der Waals surface area contributed by atoms with Gasteiger partial charge in [0.2, 0.25) is 5.91 Å². The molecule has 0 bridgehead atoms. The lowest BCUT2D eigenvalue weighted by molar-refractivity contribution is -0.129. The van der Waals surface area contributed by atoms with Gasteiger partial charge < -0.3 is 9.88 Å². The number of aryl methyl sites for hydroxylation is 1. The van der Waals surface area contributed by atoms with Crippen molar-refractivity contribution in [1.29, 1.82) is 0 Å². The van der Waals surface area contributed by atoms with Crippen LogP contribution in [-0.4, -0.2) is 28.4 Å². The summed E-state index contributed by atoms with van der Waals surface area (Å²) in [6.07, 6.45) is 0.678. The lowest BCUT2D eigenvalue weighted by Gasteiger charge is -2.24. The van der Waals surface area contributed by atoms with Gasteiger partial charge in [0.25, 0.3) is 0 Å². The molecule has 1 heterocycles. The van der Waals surface area contributed by atoms with E-state index in [0.29, 0.717) is 18.8 Å². The molecular weight excluding hydrogens is 354 g/mol. The Bertz CT molecular complexity index is 666. The van der Waals surface area contributed by atoms with Gasteiger partial charge in [-0.3, -0.25) is 4.79 Å². The topological polar surface area (TPSA) is 46.9 Å². The molecule has 6 heteroatoms. The fraction of sp³-hybridized carbons (Fsp3) is 0.467. The SMILES string of the molecule is CNC(=O)C(C)(C)Cn1c(CCCl)nc2ccc(Br)cc21. The summed E-state index contributed by atoms with van der Waals surface area (Å²) < 4.78 is 3.09. The zero-order chi connectivity index (χ0) is 15.6. The molecule has 0 saturated carbocycles. The van der Waals surface area contributed by atoms with Crippen molar-refractivity contribution in [2.75, 3.05) is 12.9 Å². The molecule has 0 aliphatic heterocycles. The van der Waals surface area contributed by atoms with E-state index in [1.54, 1.807) is 7.05 Å². The van der Waals surface area contributed by atoms with Gasteiger partial charge in [-0.15, -0.1) is 11.6 Å². The third-order valence-corrected chi connectivity index (χ3v) is 4.18. The Balaban J connectivity index is 2.51. The number of nitrogens with zero attached hydrogens (tertiary/aromatic N) is 2.